The monoisotopic (exact) mass is 875 g/mol. The average Bonchev–Trinajstić information content (AvgIpc) is 4.10. The molecule has 0 saturated heterocycles. The van der Waals surface area contributed by atoms with Crippen molar-refractivity contribution in [2.24, 2.45) is 26.8 Å². The summed E-state index contributed by atoms with van der Waals surface area (Å²) in [5.74, 6) is 1.87. The van der Waals surface area contributed by atoms with Crippen molar-refractivity contribution >= 4 is 92.4 Å². The number of aliphatic imine (C=N–C) groups is 3. The highest BCUT2D eigenvalue weighted by Gasteiger charge is 2.33. The zero-order chi connectivity index (χ0) is 45.8. The van der Waals surface area contributed by atoms with Gasteiger partial charge < -0.3 is 9.13 Å². The Hall–Kier alpha value is -8.02. The van der Waals surface area contributed by atoms with Gasteiger partial charge in [-0.1, -0.05) is 217 Å². The van der Waals surface area contributed by atoms with Crippen LogP contribution in [-0.2, 0) is 0 Å². The fourth-order valence-electron chi connectivity index (χ4n) is 10.0. The summed E-state index contributed by atoms with van der Waals surface area (Å²) in [4.78, 5) is 15.4. The third-order valence-electron chi connectivity index (χ3n) is 13.5. The van der Waals surface area contributed by atoms with E-state index in [4.69, 9.17) is 15.0 Å². The van der Waals surface area contributed by atoms with Crippen LogP contribution in [-0.4, -0.2) is 47.3 Å². The van der Waals surface area contributed by atoms with E-state index in [9.17, 15) is 0 Å². The largest absolute Gasteiger partial charge is 0.307 e. The van der Waals surface area contributed by atoms with E-state index in [1.54, 1.807) is 0 Å². The Morgan fingerprint density at radius 3 is 1.82 bits per heavy atom. The summed E-state index contributed by atoms with van der Waals surface area (Å²) in [5, 5.41) is 3.65. The molecule has 2 atom stereocenters. The first kappa shape index (κ1) is 42.6. The number of nitrogens with zero attached hydrogens (tertiary/aromatic N) is 5. The molecule has 1 fully saturated rings. The standard InChI is InChI=1S/C54H43B2N5.C7H8/c1-55(40-22-8-3-9-23-40)53(59-54(57-2)56(41-24-10-4-11-25-41)42-26-12-5-13-27-42)58-38-39-21-20-30-44(37-39)61-50-34-19-18-32-46(50)48-36-35-47-45-31-16-7-17-33-49(45)60(51(47)52(48)61)43-28-14-6-15-29-43;1-2-4-7-5-6(7)3-1/h3-6,8-38H,7H2,1-2H3;1-4,6-7H,5H2/b57-54?,58-38+,59-53-;. The second-order valence-corrected chi connectivity index (χ2v) is 17.8. The fourth-order valence-corrected chi connectivity index (χ4v) is 10.0. The Morgan fingerprint density at radius 1 is 0.559 bits per heavy atom. The van der Waals surface area contributed by atoms with Crippen LogP contribution in [0.25, 0.3) is 56.2 Å². The molecule has 5 nitrogen and oxygen atoms in total. The molecule has 0 aliphatic heterocycles. The third kappa shape index (κ3) is 8.37. The Kier molecular flexibility index (Phi) is 11.9. The second-order valence-electron chi connectivity index (χ2n) is 17.8. The number of amidine groups is 2. The SMILES string of the molecule is C1=CC2CC2C=C1.CN=C(/N=C(\N=C\c1cccc(-n2c3ccccc3c3ccc4c5c(n(-c6ccccc6)c4c32)C=CCC=C5)c1)B(C)c1ccccc1)B(c1ccccc1)c1ccccc1. The van der Waals surface area contributed by atoms with E-state index >= 15 is 0 Å². The molecule has 0 amide bonds. The number of aromatic nitrogens is 2. The van der Waals surface area contributed by atoms with Crippen LogP contribution in [0.3, 0.4) is 0 Å². The van der Waals surface area contributed by atoms with Gasteiger partial charge in [0.2, 0.25) is 0 Å². The minimum absolute atomic E-state index is 0.0979. The Balaban J connectivity index is 0.000000659. The van der Waals surface area contributed by atoms with Gasteiger partial charge in [0.05, 0.1) is 33.7 Å². The lowest BCUT2D eigenvalue weighted by Crippen LogP contribution is -2.49. The smallest absolute Gasteiger partial charge is 0.289 e. The van der Waals surface area contributed by atoms with Gasteiger partial charge in [0.25, 0.3) is 13.4 Å². The number of benzene rings is 7. The van der Waals surface area contributed by atoms with Crippen LogP contribution in [0.2, 0.25) is 6.82 Å². The van der Waals surface area contributed by atoms with E-state index in [1.165, 1.54) is 44.9 Å². The van der Waals surface area contributed by atoms with Gasteiger partial charge in [-0.3, -0.25) is 9.98 Å². The number of hydrogen-bond acceptors (Lipinski definition) is 1. The van der Waals surface area contributed by atoms with Crippen LogP contribution < -0.4 is 16.4 Å². The zero-order valence-electron chi connectivity index (χ0n) is 38.5. The molecule has 0 bridgehead atoms. The van der Waals surface area contributed by atoms with Gasteiger partial charge in [-0.25, -0.2) is 4.99 Å². The van der Waals surface area contributed by atoms with Gasteiger partial charge in [-0.15, -0.1) is 0 Å². The summed E-state index contributed by atoms with van der Waals surface area (Å²) in [6.07, 6.45) is 22.3. The summed E-state index contributed by atoms with van der Waals surface area (Å²) < 4.78 is 4.88. The van der Waals surface area contributed by atoms with Crippen LogP contribution in [0, 0.1) is 11.8 Å². The highest BCUT2D eigenvalue weighted by Crippen LogP contribution is 2.43. The summed E-state index contributed by atoms with van der Waals surface area (Å²) in [7, 11) is 1.83. The van der Waals surface area contributed by atoms with Crippen molar-refractivity contribution in [3.05, 3.63) is 235 Å². The molecule has 3 aliphatic carbocycles. The van der Waals surface area contributed by atoms with E-state index in [-0.39, 0.29) is 13.4 Å². The predicted molar refractivity (Wildman–Crippen MR) is 294 cm³/mol. The van der Waals surface area contributed by atoms with Crippen molar-refractivity contribution < 1.29 is 0 Å². The second kappa shape index (κ2) is 19.1. The molecule has 7 aromatic carbocycles. The lowest BCUT2D eigenvalue weighted by Gasteiger charge is -2.16. The van der Waals surface area contributed by atoms with E-state index in [1.807, 2.05) is 31.5 Å². The van der Waals surface area contributed by atoms with Crippen LogP contribution in [0.1, 0.15) is 29.7 Å². The molecule has 7 heteroatoms. The van der Waals surface area contributed by atoms with Gasteiger partial charge in [0.1, 0.15) is 0 Å². The molecule has 3 aliphatic rings. The number of allylic oxidation sites excluding steroid dienone is 6. The fraction of sp³-hybridized carbons (Fsp3) is 0.0984. The van der Waals surface area contributed by atoms with Crippen LogP contribution >= 0.6 is 0 Å². The van der Waals surface area contributed by atoms with Crippen LogP contribution in [0.4, 0.5) is 0 Å². The van der Waals surface area contributed by atoms with Crippen molar-refractivity contribution in [1.82, 2.24) is 9.13 Å². The highest BCUT2D eigenvalue weighted by atomic mass is 15.0. The van der Waals surface area contributed by atoms with Crippen molar-refractivity contribution in [3.8, 4) is 11.4 Å². The van der Waals surface area contributed by atoms with Crippen molar-refractivity contribution in [2.45, 2.75) is 19.7 Å². The minimum atomic E-state index is -0.160. The predicted octanol–water partition coefficient (Wildman–Crippen LogP) is 12.2. The summed E-state index contributed by atoms with van der Waals surface area (Å²) in [5.41, 5.74) is 13.9. The molecular weight excluding hydrogens is 824 g/mol. The first-order valence-corrected chi connectivity index (χ1v) is 23.8. The van der Waals surface area contributed by atoms with E-state index in [0.29, 0.717) is 11.5 Å². The maximum atomic E-state index is 5.35. The number of fused-ring (bicyclic) bond motifs is 8. The van der Waals surface area contributed by atoms with E-state index < -0.39 is 0 Å². The molecule has 0 N–H and O–H groups in total. The summed E-state index contributed by atoms with van der Waals surface area (Å²) >= 11 is 0. The van der Waals surface area contributed by atoms with E-state index in [2.05, 4.69) is 228 Å². The lowest BCUT2D eigenvalue weighted by atomic mass is 9.39. The molecule has 2 heterocycles. The number of para-hydroxylation sites is 2. The molecule has 2 unspecified atom stereocenters. The maximum Gasteiger partial charge on any atom is 0.289 e. The summed E-state index contributed by atoms with van der Waals surface area (Å²) in [6, 6.07) is 64.3. The van der Waals surface area contributed by atoms with Gasteiger partial charge >= 0.3 is 0 Å². The van der Waals surface area contributed by atoms with Crippen molar-refractivity contribution in [2.75, 3.05) is 7.05 Å². The van der Waals surface area contributed by atoms with Gasteiger partial charge in [0, 0.05) is 46.4 Å². The van der Waals surface area contributed by atoms with Crippen molar-refractivity contribution in [3.63, 3.8) is 0 Å². The van der Waals surface area contributed by atoms with Gasteiger partial charge in [-0.2, -0.15) is 0 Å². The molecule has 1 saturated carbocycles. The Bertz CT molecular complexity index is 3430. The first-order chi connectivity index (χ1) is 33.6. The van der Waals surface area contributed by atoms with Gasteiger partial charge in [-0.05, 0) is 66.6 Å². The van der Waals surface area contributed by atoms with Crippen LogP contribution in [0.15, 0.2) is 233 Å². The molecule has 12 rings (SSSR count). The molecule has 2 aromatic heterocycles. The quantitative estimate of drug-likeness (QED) is 0.0830. The lowest BCUT2D eigenvalue weighted by molar-refractivity contribution is 0.981. The molecule has 9 aromatic rings. The third-order valence-corrected chi connectivity index (χ3v) is 13.5. The number of hydrogen-bond donors (Lipinski definition) is 0. The van der Waals surface area contributed by atoms with Crippen LogP contribution in [0.5, 0.6) is 0 Å². The molecule has 0 spiro atoms. The van der Waals surface area contributed by atoms with Gasteiger partial charge in [0.15, 0.2) is 0 Å². The topological polar surface area (TPSA) is 46.9 Å². The normalized spacial score (nSPS) is 16.1. The zero-order valence-corrected chi connectivity index (χ0v) is 38.5. The number of rotatable bonds is 8. The molecule has 0 radical (unpaired) electrons. The highest BCUT2D eigenvalue weighted by molar-refractivity contribution is 7.10. The molecule has 68 heavy (non-hydrogen) atoms. The minimum Gasteiger partial charge on any atom is -0.307 e. The Labute approximate surface area is 399 Å². The Morgan fingerprint density at radius 2 is 1.15 bits per heavy atom. The molecule has 326 valence electrons. The summed E-state index contributed by atoms with van der Waals surface area (Å²) in [6.45, 7) is 1.91. The van der Waals surface area contributed by atoms with Crippen molar-refractivity contribution in [1.29, 1.82) is 0 Å². The first-order valence-electron chi connectivity index (χ1n) is 23.8. The maximum absolute atomic E-state index is 5.35. The van der Waals surface area contributed by atoms with E-state index in [0.717, 1.165) is 57.1 Å². The average molecular weight is 876 g/mol. The molecular formula is C61H51B2N5.